The van der Waals surface area contributed by atoms with Gasteiger partial charge in [0.2, 0.25) is 0 Å². The minimum Gasteiger partial charge on any atom is -0.306 e. The first-order valence-electron chi connectivity index (χ1n) is 8.45. The Bertz CT molecular complexity index is 1290. The third-order valence-corrected chi connectivity index (χ3v) is 4.94. The molecule has 0 spiro atoms. The van der Waals surface area contributed by atoms with E-state index in [0.29, 0.717) is 18.7 Å². The summed E-state index contributed by atoms with van der Waals surface area (Å²) in [5.41, 5.74) is 0.326. The van der Waals surface area contributed by atoms with Crippen LogP contribution in [0.2, 0.25) is 0 Å². The molecule has 0 fully saturated rings. The largest absolute Gasteiger partial charge is 0.332 e. The van der Waals surface area contributed by atoms with Crippen LogP contribution < -0.4 is 16.1 Å². The highest BCUT2D eigenvalue weighted by atomic mass is 16.6. The summed E-state index contributed by atoms with van der Waals surface area (Å²) in [7, 11) is 2.84. The lowest BCUT2D eigenvalue weighted by Crippen LogP contribution is -2.37. The van der Waals surface area contributed by atoms with Crippen molar-refractivity contribution in [3.63, 3.8) is 0 Å². The molecule has 3 aromatic rings. The molecule has 142 valence electrons. The fourth-order valence-corrected chi connectivity index (χ4v) is 3.40. The molecule has 2 aromatic heterocycles. The Morgan fingerprint density at radius 2 is 1.89 bits per heavy atom. The summed E-state index contributed by atoms with van der Waals surface area (Å²) < 4.78 is 2.18. The SMILES string of the molecule is Cn1c(=O)c2ccc(C(=O)N3CCc4ccc([N+](=O)[O-])cc43)nc2n(C)c1=O. The number of nitrogens with zero attached hydrogens (tertiary/aromatic N) is 5. The Balaban J connectivity index is 1.82. The Hall–Kier alpha value is -3.82. The van der Waals surface area contributed by atoms with Gasteiger partial charge in [0.25, 0.3) is 17.2 Å². The topological polar surface area (TPSA) is 120 Å². The highest BCUT2D eigenvalue weighted by Gasteiger charge is 2.28. The number of amides is 1. The number of non-ortho nitro benzene ring substituents is 1. The summed E-state index contributed by atoms with van der Waals surface area (Å²) in [5, 5.41) is 11.3. The molecule has 0 saturated heterocycles. The van der Waals surface area contributed by atoms with Crippen molar-refractivity contribution in [1.29, 1.82) is 0 Å². The molecule has 1 amide bonds. The average molecular weight is 381 g/mol. The van der Waals surface area contributed by atoms with Crippen molar-refractivity contribution in [3.05, 3.63) is 72.5 Å². The lowest BCUT2D eigenvalue weighted by atomic mass is 10.1. The monoisotopic (exact) mass is 381 g/mol. The molecule has 4 rings (SSSR count). The third kappa shape index (κ3) is 2.49. The zero-order valence-electron chi connectivity index (χ0n) is 15.1. The second-order valence-electron chi connectivity index (χ2n) is 6.55. The summed E-state index contributed by atoms with van der Waals surface area (Å²) >= 11 is 0. The predicted octanol–water partition coefficient (Wildman–Crippen LogP) is 0.743. The van der Waals surface area contributed by atoms with E-state index in [1.807, 2.05) is 0 Å². The van der Waals surface area contributed by atoms with Crippen molar-refractivity contribution in [2.45, 2.75) is 6.42 Å². The van der Waals surface area contributed by atoms with Gasteiger partial charge in [0.15, 0.2) is 0 Å². The van der Waals surface area contributed by atoms with E-state index in [-0.39, 0.29) is 22.4 Å². The molecule has 0 aliphatic carbocycles. The van der Waals surface area contributed by atoms with E-state index < -0.39 is 22.1 Å². The van der Waals surface area contributed by atoms with Gasteiger partial charge in [-0.15, -0.1) is 0 Å². The molecule has 1 aliphatic rings. The highest BCUT2D eigenvalue weighted by molar-refractivity contribution is 6.07. The van der Waals surface area contributed by atoms with E-state index >= 15 is 0 Å². The van der Waals surface area contributed by atoms with E-state index in [2.05, 4.69) is 4.98 Å². The fraction of sp³-hybridized carbons (Fsp3) is 0.222. The quantitative estimate of drug-likeness (QED) is 0.477. The van der Waals surface area contributed by atoms with Crippen LogP contribution in [0.4, 0.5) is 11.4 Å². The van der Waals surface area contributed by atoms with Crippen LogP contribution in [0, 0.1) is 10.1 Å². The number of carbonyl (C=O) groups excluding carboxylic acids is 1. The van der Waals surface area contributed by atoms with Crippen molar-refractivity contribution < 1.29 is 9.72 Å². The van der Waals surface area contributed by atoms with Gasteiger partial charge in [-0.3, -0.25) is 28.8 Å². The summed E-state index contributed by atoms with van der Waals surface area (Å²) in [5.74, 6) is -0.450. The lowest BCUT2D eigenvalue weighted by molar-refractivity contribution is -0.384. The van der Waals surface area contributed by atoms with Gasteiger partial charge in [-0.1, -0.05) is 6.07 Å². The number of nitro groups is 1. The lowest BCUT2D eigenvalue weighted by Gasteiger charge is -2.17. The van der Waals surface area contributed by atoms with Crippen LogP contribution >= 0.6 is 0 Å². The van der Waals surface area contributed by atoms with Crippen LogP contribution in [0.3, 0.4) is 0 Å². The normalized spacial score (nSPS) is 13.0. The van der Waals surface area contributed by atoms with Crippen molar-refractivity contribution in [3.8, 4) is 0 Å². The number of hydrogen-bond acceptors (Lipinski definition) is 6. The molecule has 1 aliphatic heterocycles. The number of pyridine rings is 1. The second kappa shape index (κ2) is 6.12. The van der Waals surface area contributed by atoms with E-state index in [1.54, 1.807) is 6.07 Å². The molecule has 1 aromatic carbocycles. The van der Waals surface area contributed by atoms with Crippen LogP contribution in [0.25, 0.3) is 11.0 Å². The molecule has 0 N–H and O–H groups in total. The van der Waals surface area contributed by atoms with Gasteiger partial charge in [0.05, 0.1) is 16.0 Å². The zero-order valence-corrected chi connectivity index (χ0v) is 15.1. The van der Waals surface area contributed by atoms with E-state index in [1.165, 1.54) is 47.8 Å². The molecule has 0 bridgehead atoms. The average Bonchev–Trinajstić information content (AvgIpc) is 3.12. The van der Waals surface area contributed by atoms with Crippen LogP contribution in [-0.4, -0.2) is 31.5 Å². The molecule has 10 nitrogen and oxygen atoms in total. The van der Waals surface area contributed by atoms with Crippen LogP contribution in [0.5, 0.6) is 0 Å². The Morgan fingerprint density at radius 3 is 2.61 bits per heavy atom. The summed E-state index contributed by atoms with van der Waals surface area (Å²) in [6.45, 7) is 0.366. The number of hydrogen-bond donors (Lipinski definition) is 0. The van der Waals surface area contributed by atoms with Crippen LogP contribution in [0.15, 0.2) is 39.9 Å². The molecule has 3 heterocycles. The third-order valence-electron chi connectivity index (χ3n) is 4.94. The Morgan fingerprint density at radius 1 is 1.14 bits per heavy atom. The summed E-state index contributed by atoms with van der Waals surface area (Å²) in [6.07, 6.45) is 0.575. The van der Waals surface area contributed by atoms with Crippen molar-refractivity contribution in [2.75, 3.05) is 11.4 Å². The number of aryl methyl sites for hydroxylation is 1. The Labute approximate surface area is 157 Å². The summed E-state index contributed by atoms with van der Waals surface area (Å²) in [4.78, 5) is 53.6. The first-order chi connectivity index (χ1) is 13.3. The van der Waals surface area contributed by atoms with Gasteiger partial charge in [0, 0.05) is 32.8 Å². The first kappa shape index (κ1) is 17.6. The number of nitro benzene ring substituents is 1. The number of rotatable bonds is 2. The van der Waals surface area contributed by atoms with Crippen molar-refractivity contribution in [1.82, 2.24) is 14.1 Å². The van der Waals surface area contributed by atoms with E-state index in [0.717, 1.165) is 10.1 Å². The number of carbonyl (C=O) groups is 1. The number of anilines is 1. The minimum atomic E-state index is -0.545. The number of fused-ring (bicyclic) bond motifs is 2. The molecule has 0 radical (unpaired) electrons. The molecule has 10 heteroatoms. The number of benzene rings is 1. The van der Waals surface area contributed by atoms with Crippen LogP contribution in [0.1, 0.15) is 16.1 Å². The van der Waals surface area contributed by atoms with Gasteiger partial charge in [-0.2, -0.15) is 0 Å². The zero-order chi connectivity index (χ0) is 20.2. The molecule has 28 heavy (non-hydrogen) atoms. The smallest absolute Gasteiger partial charge is 0.306 e. The van der Waals surface area contributed by atoms with Crippen molar-refractivity contribution in [2.24, 2.45) is 14.1 Å². The van der Waals surface area contributed by atoms with Gasteiger partial charge >= 0.3 is 5.69 Å². The molecule has 0 saturated carbocycles. The van der Waals surface area contributed by atoms with E-state index in [9.17, 15) is 24.5 Å². The van der Waals surface area contributed by atoms with Gasteiger partial charge < -0.3 is 4.90 Å². The predicted molar refractivity (Wildman–Crippen MR) is 101 cm³/mol. The van der Waals surface area contributed by atoms with E-state index in [4.69, 9.17) is 0 Å². The second-order valence-corrected chi connectivity index (χ2v) is 6.55. The molecule has 0 atom stereocenters. The standard InChI is InChI=1S/C18H15N5O5/c1-20-15-12(16(24)21(2)18(20)26)5-6-13(19-15)17(25)22-8-7-10-3-4-11(23(27)28)9-14(10)22/h3-6,9H,7-8H2,1-2H3. The fourth-order valence-electron chi connectivity index (χ4n) is 3.40. The Kier molecular flexibility index (Phi) is 3.84. The van der Waals surface area contributed by atoms with Crippen molar-refractivity contribution >= 4 is 28.3 Å². The maximum absolute atomic E-state index is 13.0. The number of aromatic nitrogens is 3. The van der Waals surface area contributed by atoms with Gasteiger partial charge in [-0.25, -0.2) is 9.78 Å². The molecule has 0 unspecified atom stereocenters. The van der Waals surface area contributed by atoms with Crippen LogP contribution in [-0.2, 0) is 20.5 Å². The maximum atomic E-state index is 13.0. The molecular formula is C18H15N5O5. The van der Waals surface area contributed by atoms with Gasteiger partial charge in [-0.05, 0) is 24.1 Å². The first-order valence-corrected chi connectivity index (χ1v) is 8.45. The minimum absolute atomic E-state index is 0.0510. The molecular weight excluding hydrogens is 366 g/mol. The highest BCUT2D eigenvalue weighted by Crippen LogP contribution is 2.32. The van der Waals surface area contributed by atoms with Gasteiger partial charge in [0.1, 0.15) is 11.3 Å². The maximum Gasteiger partial charge on any atom is 0.332 e. The summed E-state index contributed by atoms with van der Waals surface area (Å²) in [6, 6.07) is 7.30.